The van der Waals surface area contributed by atoms with E-state index >= 15 is 0 Å². The Hall–Kier alpha value is -2.24. The topological polar surface area (TPSA) is 51.2 Å². The van der Waals surface area contributed by atoms with E-state index in [9.17, 15) is 5.11 Å². The molecule has 1 unspecified atom stereocenters. The lowest BCUT2D eigenvalue weighted by Gasteiger charge is -2.22. The monoisotopic (exact) mass is 327 g/mol. The van der Waals surface area contributed by atoms with E-state index in [0.29, 0.717) is 19.8 Å². The summed E-state index contributed by atoms with van der Waals surface area (Å²) in [5, 5.41) is 10.3. The zero-order valence-electron chi connectivity index (χ0n) is 13.5. The van der Waals surface area contributed by atoms with Gasteiger partial charge in [0.25, 0.3) is 0 Å². The van der Waals surface area contributed by atoms with E-state index in [4.69, 9.17) is 14.2 Å². The quantitative estimate of drug-likeness (QED) is 0.883. The average molecular weight is 327 g/mol. The lowest BCUT2D eigenvalue weighted by Crippen LogP contribution is -2.33. The Morgan fingerprint density at radius 1 is 1.12 bits per heavy atom. The molecule has 4 rings (SSSR count). The van der Waals surface area contributed by atoms with Crippen LogP contribution in [0.4, 0.5) is 5.69 Å². The van der Waals surface area contributed by atoms with Gasteiger partial charge in [0, 0.05) is 18.8 Å². The van der Waals surface area contributed by atoms with E-state index < -0.39 is 6.10 Å². The molecule has 0 bridgehead atoms. The summed E-state index contributed by atoms with van der Waals surface area (Å²) < 4.78 is 16.3. The molecule has 1 atom stereocenters. The highest BCUT2D eigenvalue weighted by atomic mass is 16.7. The van der Waals surface area contributed by atoms with Gasteiger partial charge in [0.05, 0.1) is 19.3 Å². The van der Waals surface area contributed by atoms with Crippen LogP contribution in [0, 0.1) is 0 Å². The number of aliphatic hydroxyl groups excluding tert-OH is 1. The molecule has 126 valence electrons. The van der Waals surface area contributed by atoms with Crippen molar-refractivity contribution in [1.82, 2.24) is 0 Å². The molecule has 0 fully saturated rings. The summed E-state index contributed by atoms with van der Waals surface area (Å²) in [6.07, 6.45) is 0.534. The number of fused-ring (bicyclic) bond motifs is 2. The van der Waals surface area contributed by atoms with Gasteiger partial charge in [-0.3, -0.25) is 0 Å². The molecule has 5 nitrogen and oxygen atoms in total. The summed E-state index contributed by atoms with van der Waals surface area (Å²) in [5.41, 5.74) is 3.59. The molecule has 2 aromatic carbocycles. The van der Waals surface area contributed by atoms with Crippen LogP contribution in [0.15, 0.2) is 42.5 Å². The number of anilines is 1. The summed E-state index contributed by atoms with van der Waals surface area (Å²) >= 11 is 0. The molecule has 0 aliphatic carbocycles. The Kier molecular flexibility index (Phi) is 4.28. The van der Waals surface area contributed by atoms with Crippen LogP contribution in [0.5, 0.6) is 11.5 Å². The van der Waals surface area contributed by atoms with E-state index in [2.05, 4.69) is 23.1 Å². The highest BCUT2D eigenvalue weighted by Crippen LogP contribution is 2.32. The summed E-state index contributed by atoms with van der Waals surface area (Å²) in [7, 11) is 0. The van der Waals surface area contributed by atoms with Crippen molar-refractivity contribution in [2.24, 2.45) is 0 Å². The summed E-state index contributed by atoms with van der Waals surface area (Å²) in [6, 6.07) is 14.1. The molecule has 2 aliphatic rings. The molecule has 5 heteroatoms. The Morgan fingerprint density at radius 2 is 2.00 bits per heavy atom. The number of rotatable bonds is 6. The van der Waals surface area contributed by atoms with Gasteiger partial charge in [-0.25, -0.2) is 0 Å². The fourth-order valence-electron chi connectivity index (χ4n) is 3.25. The van der Waals surface area contributed by atoms with Gasteiger partial charge in [-0.05, 0) is 35.7 Å². The lowest BCUT2D eigenvalue weighted by molar-refractivity contribution is 0.0321. The second kappa shape index (κ2) is 6.71. The molecular weight excluding hydrogens is 306 g/mol. The van der Waals surface area contributed by atoms with Gasteiger partial charge in [0.1, 0.15) is 0 Å². The summed E-state index contributed by atoms with van der Waals surface area (Å²) in [4.78, 5) is 2.23. The maximum Gasteiger partial charge on any atom is 0.231 e. The normalized spacial score (nSPS) is 16.3. The molecular formula is C19H21NO4. The molecule has 1 N–H and O–H groups in total. The van der Waals surface area contributed by atoms with Gasteiger partial charge >= 0.3 is 0 Å². The Morgan fingerprint density at radius 3 is 2.96 bits per heavy atom. The van der Waals surface area contributed by atoms with Gasteiger partial charge in [0.15, 0.2) is 11.5 Å². The lowest BCUT2D eigenvalue weighted by atomic mass is 10.2. The van der Waals surface area contributed by atoms with E-state index in [1.165, 1.54) is 11.3 Å². The van der Waals surface area contributed by atoms with Crippen LogP contribution >= 0.6 is 0 Å². The predicted octanol–water partition coefficient (Wildman–Crippen LogP) is 2.36. The van der Waals surface area contributed by atoms with Gasteiger partial charge in [-0.15, -0.1) is 0 Å². The van der Waals surface area contributed by atoms with Crippen molar-refractivity contribution in [1.29, 1.82) is 0 Å². The van der Waals surface area contributed by atoms with Crippen LogP contribution in [0.25, 0.3) is 0 Å². The number of hydrogen-bond donors (Lipinski definition) is 1. The highest BCUT2D eigenvalue weighted by Gasteiger charge is 2.20. The van der Waals surface area contributed by atoms with Crippen LogP contribution in [-0.4, -0.2) is 37.7 Å². The summed E-state index contributed by atoms with van der Waals surface area (Å²) in [5.74, 6) is 1.52. The zero-order valence-corrected chi connectivity index (χ0v) is 13.5. The van der Waals surface area contributed by atoms with Crippen molar-refractivity contribution in [3.63, 3.8) is 0 Å². The van der Waals surface area contributed by atoms with Gasteiger partial charge in [-0.1, -0.05) is 24.3 Å². The first-order chi connectivity index (χ1) is 11.8. The first kappa shape index (κ1) is 15.3. The van der Waals surface area contributed by atoms with Crippen molar-refractivity contribution in [3.8, 4) is 11.5 Å². The fourth-order valence-corrected chi connectivity index (χ4v) is 3.25. The standard InChI is InChI=1S/C19H21NO4/c21-16(10-20-8-7-15-3-1-2-4-17(15)20)12-22-11-14-5-6-18-19(9-14)24-13-23-18/h1-6,9,16,21H,7-8,10-13H2. The van der Waals surface area contributed by atoms with Gasteiger partial charge < -0.3 is 24.2 Å². The molecule has 2 aromatic rings. The minimum atomic E-state index is -0.509. The number of β-amino-alcohol motifs (C(OH)–C–C–N with tert-alkyl or cyclic N) is 1. The molecule has 0 amide bonds. The number of para-hydroxylation sites is 1. The average Bonchev–Trinajstić information content (AvgIpc) is 3.22. The molecule has 24 heavy (non-hydrogen) atoms. The van der Waals surface area contributed by atoms with Crippen molar-refractivity contribution in [3.05, 3.63) is 53.6 Å². The minimum absolute atomic E-state index is 0.273. The van der Waals surface area contributed by atoms with Crippen LogP contribution in [0.3, 0.4) is 0 Å². The van der Waals surface area contributed by atoms with Crippen molar-refractivity contribution < 1.29 is 19.3 Å². The molecule has 0 saturated carbocycles. The van der Waals surface area contributed by atoms with Crippen molar-refractivity contribution in [2.75, 3.05) is 31.4 Å². The molecule has 0 aromatic heterocycles. The third kappa shape index (κ3) is 3.18. The van der Waals surface area contributed by atoms with E-state index in [0.717, 1.165) is 30.0 Å². The minimum Gasteiger partial charge on any atom is -0.454 e. The zero-order chi connectivity index (χ0) is 16.4. The first-order valence-corrected chi connectivity index (χ1v) is 8.27. The first-order valence-electron chi connectivity index (χ1n) is 8.27. The smallest absolute Gasteiger partial charge is 0.231 e. The maximum absolute atomic E-state index is 10.3. The Balaban J connectivity index is 1.26. The van der Waals surface area contributed by atoms with E-state index in [-0.39, 0.29) is 6.79 Å². The number of nitrogens with zero attached hydrogens (tertiary/aromatic N) is 1. The third-order valence-electron chi connectivity index (χ3n) is 4.43. The number of benzene rings is 2. The van der Waals surface area contributed by atoms with Gasteiger partial charge in [0.2, 0.25) is 6.79 Å². The van der Waals surface area contributed by atoms with Crippen LogP contribution < -0.4 is 14.4 Å². The number of ether oxygens (including phenoxy) is 3. The largest absolute Gasteiger partial charge is 0.454 e. The van der Waals surface area contributed by atoms with Crippen LogP contribution in [-0.2, 0) is 17.8 Å². The predicted molar refractivity (Wildman–Crippen MR) is 90.6 cm³/mol. The third-order valence-corrected chi connectivity index (χ3v) is 4.43. The number of aliphatic hydroxyl groups is 1. The highest BCUT2D eigenvalue weighted by molar-refractivity contribution is 5.57. The van der Waals surface area contributed by atoms with Gasteiger partial charge in [-0.2, -0.15) is 0 Å². The Labute approximate surface area is 141 Å². The molecule has 0 saturated heterocycles. The van der Waals surface area contributed by atoms with Crippen molar-refractivity contribution >= 4 is 5.69 Å². The van der Waals surface area contributed by atoms with Crippen LogP contribution in [0.1, 0.15) is 11.1 Å². The van der Waals surface area contributed by atoms with Crippen molar-refractivity contribution in [2.45, 2.75) is 19.1 Å². The second-order valence-electron chi connectivity index (χ2n) is 6.18. The maximum atomic E-state index is 10.3. The number of hydrogen-bond acceptors (Lipinski definition) is 5. The van der Waals surface area contributed by atoms with E-state index in [1.807, 2.05) is 24.3 Å². The Bertz CT molecular complexity index is 718. The fraction of sp³-hybridized carbons (Fsp3) is 0.368. The molecule has 2 heterocycles. The second-order valence-corrected chi connectivity index (χ2v) is 6.18. The molecule has 0 spiro atoms. The van der Waals surface area contributed by atoms with Crippen LogP contribution in [0.2, 0.25) is 0 Å². The molecule has 2 aliphatic heterocycles. The van der Waals surface area contributed by atoms with E-state index in [1.54, 1.807) is 0 Å². The summed E-state index contributed by atoms with van der Waals surface area (Å²) in [6.45, 7) is 2.59. The molecule has 0 radical (unpaired) electrons. The SMILES string of the molecule is OC(COCc1ccc2c(c1)OCO2)CN1CCc2ccccc21.